The van der Waals surface area contributed by atoms with Crippen LogP contribution in [0.2, 0.25) is 5.02 Å². The van der Waals surface area contributed by atoms with Crippen LogP contribution in [0, 0.1) is 0 Å². The van der Waals surface area contributed by atoms with E-state index in [1.54, 1.807) is 39.0 Å². The summed E-state index contributed by atoms with van der Waals surface area (Å²) in [5, 5.41) is 0.597. The van der Waals surface area contributed by atoms with Gasteiger partial charge in [-0.1, -0.05) is 41.9 Å². The number of benzene rings is 2. The Morgan fingerprint density at radius 2 is 1.53 bits per heavy atom. The largest absolute Gasteiger partial charge is 0.338 e. The van der Waals surface area contributed by atoms with E-state index in [0.29, 0.717) is 56.2 Å². The molecule has 2 heterocycles. The third-order valence-electron chi connectivity index (χ3n) is 5.84. The fourth-order valence-corrected chi connectivity index (χ4v) is 4.27. The Morgan fingerprint density at radius 3 is 2.20 bits per heavy atom. The Kier molecular flexibility index (Phi) is 6.04. The summed E-state index contributed by atoms with van der Waals surface area (Å²) < 4.78 is 0. The van der Waals surface area contributed by atoms with E-state index in [0.717, 1.165) is 5.56 Å². The third-order valence-corrected chi connectivity index (χ3v) is 6.09. The molecule has 0 radical (unpaired) electrons. The lowest BCUT2D eigenvalue weighted by Crippen LogP contribution is -2.59. The van der Waals surface area contributed by atoms with E-state index in [1.165, 1.54) is 0 Å². The summed E-state index contributed by atoms with van der Waals surface area (Å²) in [5.74, 6) is -0.898. The standard InChI is InChI=1S/C23H24ClN3O3/c24-19-8-6-18(7-9-19)21(28)25-12-10-20(11-13-25)27-15-14-26(22(29)23(27)30)16-17-4-2-1-3-5-17/h1-9,20H,10-16H2. The second-order valence-electron chi connectivity index (χ2n) is 7.74. The van der Waals surface area contributed by atoms with Gasteiger partial charge in [0.2, 0.25) is 0 Å². The number of hydrogen-bond donors (Lipinski definition) is 0. The summed E-state index contributed by atoms with van der Waals surface area (Å²) in [6.07, 6.45) is 1.36. The number of halogens is 1. The van der Waals surface area contributed by atoms with Crippen molar-refractivity contribution in [2.24, 2.45) is 0 Å². The Balaban J connectivity index is 1.33. The number of amides is 3. The van der Waals surface area contributed by atoms with Crippen molar-refractivity contribution in [1.82, 2.24) is 14.7 Å². The molecule has 0 spiro atoms. The second kappa shape index (κ2) is 8.88. The molecule has 4 rings (SSSR count). The molecule has 2 aliphatic heterocycles. The van der Waals surface area contributed by atoms with Crippen molar-refractivity contribution in [3.8, 4) is 0 Å². The van der Waals surface area contributed by atoms with Crippen LogP contribution in [0.4, 0.5) is 0 Å². The monoisotopic (exact) mass is 425 g/mol. The SMILES string of the molecule is O=C1C(=O)N(C2CCN(C(=O)c3ccc(Cl)cc3)CC2)CCN1Cc1ccccc1. The number of piperidine rings is 1. The zero-order valence-corrected chi connectivity index (χ0v) is 17.4. The average Bonchev–Trinajstić information content (AvgIpc) is 2.78. The Hall–Kier alpha value is -2.86. The lowest BCUT2D eigenvalue weighted by Gasteiger charge is -2.42. The van der Waals surface area contributed by atoms with E-state index < -0.39 is 11.8 Å². The quantitative estimate of drug-likeness (QED) is 0.708. The van der Waals surface area contributed by atoms with Crippen LogP contribution in [0.3, 0.4) is 0 Å². The highest BCUT2D eigenvalue weighted by molar-refractivity contribution is 6.35. The van der Waals surface area contributed by atoms with Crippen LogP contribution >= 0.6 is 11.6 Å². The maximum atomic E-state index is 12.7. The van der Waals surface area contributed by atoms with Gasteiger partial charge in [-0.3, -0.25) is 14.4 Å². The number of carbonyl (C=O) groups is 3. The molecule has 7 heteroatoms. The average molecular weight is 426 g/mol. The van der Waals surface area contributed by atoms with Crippen LogP contribution in [0.25, 0.3) is 0 Å². The summed E-state index contributed by atoms with van der Waals surface area (Å²) in [5.41, 5.74) is 1.62. The number of likely N-dealkylation sites (tertiary alicyclic amines) is 1. The second-order valence-corrected chi connectivity index (χ2v) is 8.18. The predicted octanol–water partition coefficient (Wildman–Crippen LogP) is 2.82. The van der Waals surface area contributed by atoms with Gasteiger partial charge in [0.25, 0.3) is 5.91 Å². The lowest BCUT2D eigenvalue weighted by atomic mass is 10.0. The molecular formula is C23H24ClN3O3. The van der Waals surface area contributed by atoms with E-state index >= 15 is 0 Å². The first-order valence-corrected chi connectivity index (χ1v) is 10.6. The van der Waals surface area contributed by atoms with Crippen LogP contribution in [-0.2, 0) is 16.1 Å². The summed E-state index contributed by atoms with van der Waals surface area (Å²) in [4.78, 5) is 43.2. The number of piperazine rings is 1. The highest BCUT2D eigenvalue weighted by Crippen LogP contribution is 2.22. The van der Waals surface area contributed by atoms with Gasteiger partial charge in [-0.15, -0.1) is 0 Å². The third kappa shape index (κ3) is 4.33. The van der Waals surface area contributed by atoms with Gasteiger partial charge in [-0.05, 0) is 42.7 Å². The normalized spacial score (nSPS) is 18.1. The van der Waals surface area contributed by atoms with Gasteiger partial charge < -0.3 is 14.7 Å². The van der Waals surface area contributed by atoms with E-state index in [2.05, 4.69) is 0 Å². The molecule has 0 aromatic heterocycles. The molecule has 0 unspecified atom stereocenters. The first-order chi connectivity index (χ1) is 14.5. The van der Waals surface area contributed by atoms with Gasteiger partial charge in [-0.25, -0.2) is 0 Å². The molecule has 0 atom stereocenters. The first-order valence-electron chi connectivity index (χ1n) is 10.2. The van der Waals surface area contributed by atoms with Crippen molar-refractivity contribution < 1.29 is 14.4 Å². The molecule has 2 aromatic carbocycles. The van der Waals surface area contributed by atoms with Crippen LogP contribution in [0.15, 0.2) is 54.6 Å². The summed E-state index contributed by atoms with van der Waals surface area (Å²) in [7, 11) is 0. The Bertz CT molecular complexity index is 924. The summed E-state index contributed by atoms with van der Waals surface area (Å²) in [6, 6.07) is 16.6. The molecule has 3 amide bonds. The van der Waals surface area contributed by atoms with E-state index in [4.69, 9.17) is 11.6 Å². The number of hydrogen-bond acceptors (Lipinski definition) is 3. The Labute approximate surface area is 181 Å². The maximum absolute atomic E-state index is 12.7. The van der Waals surface area contributed by atoms with Crippen molar-refractivity contribution in [2.75, 3.05) is 26.2 Å². The molecule has 0 N–H and O–H groups in total. The molecule has 2 fully saturated rings. The zero-order chi connectivity index (χ0) is 21.1. The smallest absolute Gasteiger partial charge is 0.312 e. The van der Waals surface area contributed by atoms with Crippen molar-refractivity contribution in [1.29, 1.82) is 0 Å². The molecule has 30 heavy (non-hydrogen) atoms. The molecule has 2 saturated heterocycles. The van der Waals surface area contributed by atoms with Crippen LogP contribution < -0.4 is 0 Å². The fourth-order valence-electron chi connectivity index (χ4n) is 4.15. The van der Waals surface area contributed by atoms with Crippen LogP contribution in [-0.4, -0.2) is 64.6 Å². The molecule has 2 aliphatic rings. The van der Waals surface area contributed by atoms with Crippen LogP contribution in [0.5, 0.6) is 0 Å². The van der Waals surface area contributed by atoms with Gasteiger partial charge in [-0.2, -0.15) is 0 Å². The molecule has 156 valence electrons. The Morgan fingerprint density at radius 1 is 0.867 bits per heavy atom. The minimum atomic E-state index is -0.440. The summed E-state index contributed by atoms with van der Waals surface area (Å²) >= 11 is 5.89. The van der Waals surface area contributed by atoms with Crippen molar-refractivity contribution in [3.05, 3.63) is 70.7 Å². The zero-order valence-electron chi connectivity index (χ0n) is 16.7. The first kappa shape index (κ1) is 20.4. The lowest BCUT2D eigenvalue weighted by molar-refractivity contribution is -0.158. The molecule has 2 aromatic rings. The number of nitrogens with zero attached hydrogens (tertiary/aromatic N) is 3. The van der Waals surface area contributed by atoms with Crippen molar-refractivity contribution in [3.63, 3.8) is 0 Å². The van der Waals surface area contributed by atoms with Gasteiger partial charge in [0.1, 0.15) is 0 Å². The van der Waals surface area contributed by atoms with Crippen molar-refractivity contribution in [2.45, 2.75) is 25.4 Å². The van der Waals surface area contributed by atoms with Gasteiger partial charge >= 0.3 is 11.8 Å². The minimum absolute atomic E-state index is 0.00501. The number of carbonyl (C=O) groups excluding carboxylic acids is 3. The van der Waals surface area contributed by atoms with E-state index in [1.807, 2.05) is 30.3 Å². The van der Waals surface area contributed by atoms with Gasteiger partial charge in [0.05, 0.1) is 0 Å². The highest BCUT2D eigenvalue weighted by Gasteiger charge is 2.38. The minimum Gasteiger partial charge on any atom is -0.338 e. The molecule has 0 saturated carbocycles. The molecular weight excluding hydrogens is 402 g/mol. The van der Waals surface area contributed by atoms with Crippen molar-refractivity contribution >= 4 is 29.3 Å². The van der Waals surface area contributed by atoms with Gasteiger partial charge in [0.15, 0.2) is 0 Å². The van der Waals surface area contributed by atoms with E-state index in [-0.39, 0.29) is 11.9 Å². The van der Waals surface area contributed by atoms with E-state index in [9.17, 15) is 14.4 Å². The van der Waals surface area contributed by atoms with Crippen LogP contribution in [0.1, 0.15) is 28.8 Å². The fraction of sp³-hybridized carbons (Fsp3) is 0.348. The predicted molar refractivity (Wildman–Crippen MR) is 114 cm³/mol. The maximum Gasteiger partial charge on any atom is 0.312 e. The highest BCUT2D eigenvalue weighted by atomic mass is 35.5. The topological polar surface area (TPSA) is 60.9 Å². The molecule has 6 nitrogen and oxygen atoms in total. The van der Waals surface area contributed by atoms with Gasteiger partial charge in [0, 0.05) is 49.4 Å². The summed E-state index contributed by atoms with van der Waals surface area (Å²) in [6.45, 7) is 2.65. The number of rotatable bonds is 4. The molecule has 0 bridgehead atoms. The molecule has 0 aliphatic carbocycles.